The summed E-state index contributed by atoms with van der Waals surface area (Å²) >= 11 is 0. The number of allylic oxidation sites excluding steroid dienone is 1. The molecule has 3 nitrogen and oxygen atoms in total. The zero-order chi connectivity index (χ0) is 14.5. The number of piperazine rings is 1. The van der Waals surface area contributed by atoms with Gasteiger partial charge in [-0.3, -0.25) is 4.90 Å². The van der Waals surface area contributed by atoms with Gasteiger partial charge in [0.1, 0.15) is 0 Å². The van der Waals surface area contributed by atoms with E-state index >= 15 is 0 Å². The van der Waals surface area contributed by atoms with Crippen LogP contribution in [0.25, 0.3) is 0 Å². The molecule has 3 atom stereocenters. The molecule has 2 aliphatic rings. The molecule has 0 unspecified atom stereocenters. The highest BCUT2D eigenvalue weighted by Gasteiger charge is 2.26. The van der Waals surface area contributed by atoms with Gasteiger partial charge in [0, 0.05) is 39.3 Å². The van der Waals surface area contributed by atoms with Gasteiger partial charge in [0.15, 0.2) is 0 Å². The van der Waals surface area contributed by atoms with Gasteiger partial charge >= 0.3 is 0 Å². The molecule has 0 aromatic rings. The van der Waals surface area contributed by atoms with Crippen molar-refractivity contribution >= 4 is 0 Å². The van der Waals surface area contributed by atoms with E-state index in [1.807, 2.05) is 0 Å². The van der Waals surface area contributed by atoms with Crippen molar-refractivity contribution in [3.05, 3.63) is 11.6 Å². The highest BCUT2D eigenvalue weighted by Crippen LogP contribution is 2.30. The standard InChI is InChI=1S/C17H32N2O/c1-4-16(20)12-18-8-10-19(11-9-18)13-17-14(2)6-5-7-15(17)3/h6,15-17,20H,4-5,7-13H2,1-3H3/t15-,16+,17-/m1/s1. The Labute approximate surface area is 124 Å². The van der Waals surface area contributed by atoms with Gasteiger partial charge in [0.2, 0.25) is 0 Å². The third-order valence-electron chi connectivity index (χ3n) is 5.22. The molecule has 0 amide bonds. The first-order chi connectivity index (χ1) is 9.60. The van der Waals surface area contributed by atoms with E-state index in [9.17, 15) is 5.11 Å². The second-order valence-corrected chi connectivity index (χ2v) is 6.77. The molecule has 1 aliphatic heterocycles. The number of hydrogen-bond donors (Lipinski definition) is 1. The van der Waals surface area contributed by atoms with Gasteiger partial charge in [-0.25, -0.2) is 0 Å². The third kappa shape index (κ3) is 4.31. The lowest BCUT2D eigenvalue weighted by atomic mass is 9.80. The van der Waals surface area contributed by atoms with E-state index in [1.54, 1.807) is 5.57 Å². The minimum absolute atomic E-state index is 0.148. The molecular weight excluding hydrogens is 248 g/mol. The summed E-state index contributed by atoms with van der Waals surface area (Å²) in [6.45, 7) is 13.4. The van der Waals surface area contributed by atoms with Crippen LogP contribution in [0.15, 0.2) is 11.6 Å². The molecule has 0 bridgehead atoms. The largest absolute Gasteiger partial charge is 0.392 e. The van der Waals surface area contributed by atoms with Gasteiger partial charge in [0.25, 0.3) is 0 Å². The van der Waals surface area contributed by atoms with Crippen molar-refractivity contribution in [2.75, 3.05) is 39.3 Å². The lowest BCUT2D eigenvalue weighted by Gasteiger charge is -2.39. The molecule has 116 valence electrons. The van der Waals surface area contributed by atoms with Crippen molar-refractivity contribution in [2.45, 2.75) is 46.1 Å². The van der Waals surface area contributed by atoms with Crippen LogP contribution >= 0.6 is 0 Å². The predicted molar refractivity (Wildman–Crippen MR) is 84.8 cm³/mol. The first-order valence-corrected chi connectivity index (χ1v) is 8.39. The van der Waals surface area contributed by atoms with E-state index in [0.29, 0.717) is 0 Å². The lowest BCUT2D eigenvalue weighted by molar-refractivity contribution is 0.0638. The van der Waals surface area contributed by atoms with Crippen LogP contribution in [0.5, 0.6) is 0 Å². The molecule has 1 N–H and O–H groups in total. The average molecular weight is 280 g/mol. The van der Waals surface area contributed by atoms with Gasteiger partial charge < -0.3 is 10.0 Å². The smallest absolute Gasteiger partial charge is 0.0664 e. The topological polar surface area (TPSA) is 26.7 Å². The summed E-state index contributed by atoms with van der Waals surface area (Å²) in [4.78, 5) is 5.04. The molecule has 1 fully saturated rings. The molecule has 0 saturated carbocycles. The number of β-amino-alcohol motifs (C(OH)–C–C–N with tert-alkyl or cyclic N) is 1. The van der Waals surface area contributed by atoms with Gasteiger partial charge in [-0.2, -0.15) is 0 Å². The molecule has 2 rings (SSSR count). The van der Waals surface area contributed by atoms with Gasteiger partial charge in [-0.05, 0) is 38.0 Å². The van der Waals surface area contributed by atoms with E-state index in [4.69, 9.17) is 0 Å². The van der Waals surface area contributed by atoms with Crippen LogP contribution in [0.4, 0.5) is 0 Å². The Hall–Kier alpha value is -0.380. The maximum absolute atomic E-state index is 9.74. The zero-order valence-corrected chi connectivity index (χ0v) is 13.5. The van der Waals surface area contributed by atoms with E-state index in [0.717, 1.165) is 51.0 Å². The van der Waals surface area contributed by atoms with Crippen molar-refractivity contribution in [2.24, 2.45) is 11.8 Å². The normalized spacial score (nSPS) is 31.1. The molecule has 0 aromatic heterocycles. The van der Waals surface area contributed by atoms with Crippen LogP contribution in [0.2, 0.25) is 0 Å². The number of aliphatic hydroxyl groups excluding tert-OH is 1. The fourth-order valence-electron chi connectivity index (χ4n) is 3.56. The fourth-order valence-corrected chi connectivity index (χ4v) is 3.56. The maximum Gasteiger partial charge on any atom is 0.0664 e. The Morgan fingerprint density at radius 2 is 1.90 bits per heavy atom. The summed E-state index contributed by atoms with van der Waals surface area (Å²) in [5.41, 5.74) is 1.60. The molecule has 20 heavy (non-hydrogen) atoms. The number of aliphatic hydroxyl groups is 1. The van der Waals surface area contributed by atoms with Crippen LogP contribution in [0.1, 0.15) is 40.0 Å². The Bertz CT molecular complexity index is 321. The van der Waals surface area contributed by atoms with Crippen LogP contribution < -0.4 is 0 Å². The van der Waals surface area contributed by atoms with Crippen LogP contribution in [-0.2, 0) is 0 Å². The number of hydrogen-bond acceptors (Lipinski definition) is 3. The Balaban J connectivity index is 1.76. The summed E-state index contributed by atoms with van der Waals surface area (Å²) in [5, 5.41) is 9.74. The van der Waals surface area contributed by atoms with Gasteiger partial charge in [-0.1, -0.05) is 25.5 Å². The third-order valence-corrected chi connectivity index (χ3v) is 5.22. The van der Waals surface area contributed by atoms with Crippen LogP contribution in [0.3, 0.4) is 0 Å². The summed E-state index contributed by atoms with van der Waals surface area (Å²) in [5.74, 6) is 1.59. The lowest BCUT2D eigenvalue weighted by Crippen LogP contribution is -2.50. The number of nitrogens with zero attached hydrogens (tertiary/aromatic N) is 2. The maximum atomic E-state index is 9.74. The molecule has 3 heteroatoms. The van der Waals surface area contributed by atoms with Crippen molar-refractivity contribution in [1.82, 2.24) is 9.80 Å². The summed E-state index contributed by atoms with van der Waals surface area (Å²) in [7, 11) is 0. The zero-order valence-electron chi connectivity index (χ0n) is 13.5. The second kappa shape index (κ2) is 7.58. The molecule has 1 saturated heterocycles. The Morgan fingerprint density at radius 3 is 2.50 bits per heavy atom. The monoisotopic (exact) mass is 280 g/mol. The van der Waals surface area contributed by atoms with Crippen molar-refractivity contribution < 1.29 is 5.11 Å². The Morgan fingerprint density at radius 1 is 1.25 bits per heavy atom. The average Bonchev–Trinajstić information content (AvgIpc) is 2.44. The first-order valence-electron chi connectivity index (χ1n) is 8.39. The summed E-state index contributed by atoms with van der Waals surface area (Å²) < 4.78 is 0. The fraction of sp³-hybridized carbons (Fsp3) is 0.882. The number of rotatable bonds is 5. The molecule has 1 aliphatic carbocycles. The summed E-state index contributed by atoms with van der Waals surface area (Å²) in [6, 6.07) is 0. The van der Waals surface area contributed by atoms with Crippen molar-refractivity contribution in [3.8, 4) is 0 Å². The van der Waals surface area contributed by atoms with Gasteiger partial charge in [0.05, 0.1) is 6.10 Å². The van der Waals surface area contributed by atoms with Crippen LogP contribution in [0, 0.1) is 11.8 Å². The van der Waals surface area contributed by atoms with Crippen molar-refractivity contribution in [3.63, 3.8) is 0 Å². The van der Waals surface area contributed by atoms with Crippen LogP contribution in [-0.4, -0.2) is 60.3 Å². The van der Waals surface area contributed by atoms with E-state index in [2.05, 4.69) is 36.6 Å². The molecule has 0 radical (unpaired) electrons. The quantitative estimate of drug-likeness (QED) is 0.783. The minimum Gasteiger partial charge on any atom is -0.392 e. The van der Waals surface area contributed by atoms with E-state index in [-0.39, 0.29) is 6.10 Å². The SMILES string of the molecule is CC[C@H](O)CN1CCN(C[C@@H]2C(C)=CCC[C@H]2C)CC1. The molecule has 0 spiro atoms. The first kappa shape index (κ1) is 16.0. The van der Waals surface area contributed by atoms with Crippen molar-refractivity contribution in [1.29, 1.82) is 0 Å². The minimum atomic E-state index is -0.148. The molecule has 0 aromatic carbocycles. The Kier molecular flexibility index (Phi) is 6.06. The molecular formula is C17H32N2O. The molecule has 1 heterocycles. The summed E-state index contributed by atoms with van der Waals surface area (Å²) in [6.07, 6.45) is 5.78. The predicted octanol–water partition coefficient (Wildman–Crippen LogP) is 2.37. The van der Waals surface area contributed by atoms with E-state index in [1.165, 1.54) is 19.4 Å². The highest BCUT2D eigenvalue weighted by molar-refractivity contribution is 5.09. The van der Waals surface area contributed by atoms with Gasteiger partial charge in [-0.15, -0.1) is 0 Å². The highest BCUT2D eigenvalue weighted by atomic mass is 16.3. The van der Waals surface area contributed by atoms with E-state index < -0.39 is 0 Å². The second-order valence-electron chi connectivity index (χ2n) is 6.77.